The lowest BCUT2D eigenvalue weighted by Crippen LogP contribution is -2.59. The Bertz CT molecular complexity index is 1920. The molecule has 3 aliphatic heterocycles. The van der Waals surface area contributed by atoms with Crippen LogP contribution >= 0.6 is 0 Å². The van der Waals surface area contributed by atoms with Crippen LogP contribution in [0.2, 0.25) is 0 Å². The van der Waals surface area contributed by atoms with E-state index in [2.05, 4.69) is 24.8 Å². The summed E-state index contributed by atoms with van der Waals surface area (Å²) in [6.45, 7) is 4.37. The van der Waals surface area contributed by atoms with Crippen molar-refractivity contribution in [3.8, 4) is 11.5 Å². The molecule has 3 aliphatic rings. The lowest BCUT2D eigenvalue weighted by atomic mass is 9.83. The number of benzene rings is 3. The molecular weight excluding hydrogens is 856 g/mol. The molecule has 0 bridgehead atoms. The fraction of sp³-hybridized carbons (Fsp3) is 0.545. The third-order valence-electron chi connectivity index (χ3n) is 11.3. The average molecular weight is 917 g/mol. The first-order chi connectivity index (χ1) is 31.6. The number of nitrogens with zero attached hydrogens (tertiary/aromatic N) is 5. The lowest BCUT2D eigenvalue weighted by Gasteiger charge is -2.43. The predicted octanol–water partition coefficient (Wildman–Crippen LogP) is 5.52. The summed E-state index contributed by atoms with van der Waals surface area (Å²) in [7, 11) is 1.68. The van der Waals surface area contributed by atoms with Crippen LogP contribution in [-0.2, 0) is 35.2 Å². The zero-order chi connectivity index (χ0) is 46.0. The van der Waals surface area contributed by atoms with Gasteiger partial charge in [-0.2, -0.15) is 0 Å². The summed E-state index contributed by atoms with van der Waals surface area (Å²) in [6, 6.07) is 19.3. The minimum absolute atomic E-state index is 0.00806. The zero-order valence-electron chi connectivity index (χ0n) is 36.6. The summed E-state index contributed by atoms with van der Waals surface area (Å²) in [5.41, 5.74) is 3.44. The maximum Gasteiger partial charge on any atom is 0.409 e. The highest BCUT2D eigenvalue weighted by Crippen LogP contribution is 2.36. The second kappa shape index (κ2) is 25.6. The van der Waals surface area contributed by atoms with Gasteiger partial charge in [-0.05, 0) is 85.7 Å². The van der Waals surface area contributed by atoms with Crippen molar-refractivity contribution in [1.29, 1.82) is 0 Å². The van der Waals surface area contributed by atoms with Crippen molar-refractivity contribution in [2.45, 2.75) is 69.3 Å². The normalized spacial score (nSPS) is 19.6. The van der Waals surface area contributed by atoms with Crippen molar-refractivity contribution in [2.24, 2.45) is 0 Å². The molecule has 3 aromatic rings. The van der Waals surface area contributed by atoms with Gasteiger partial charge >= 0.3 is 12.2 Å². The Morgan fingerprint density at radius 3 is 2.29 bits per heavy atom. The van der Waals surface area contributed by atoms with Crippen molar-refractivity contribution in [3.05, 3.63) is 83.7 Å². The van der Waals surface area contributed by atoms with E-state index in [9.17, 15) is 14.0 Å². The van der Waals surface area contributed by atoms with Gasteiger partial charge in [-0.1, -0.05) is 24.3 Å². The van der Waals surface area contributed by atoms with Gasteiger partial charge < -0.3 is 48.4 Å². The summed E-state index contributed by atoms with van der Waals surface area (Å²) < 4.78 is 49.5. The summed E-state index contributed by atoms with van der Waals surface area (Å²) >= 11 is 0. The minimum Gasteiger partial charge on any atom is -0.490 e. The van der Waals surface area contributed by atoms with Crippen LogP contribution in [0.25, 0.3) is 0 Å². The Labute approximate surface area is 377 Å². The number of halogens is 1. The molecule has 2 amide bonds. The van der Waals surface area contributed by atoms with E-state index in [1.165, 1.54) is 17.0 Å². The molecule has 0 saturated carbocycles. The second-order valence-electron chi connectivity index (χ2n) is 15.9. The summed E-state index contributed by atoms with van der Waals surface area (Å²) in [6.07, 6.45) is 0.950. The second-order valence-corrected chi connectivity index (χ2v) is 15.9. The van der Waals surface area contributed by atoms with Gasteiger partial charge in [-0.25, -0.2) is 14.0 Å². The van der Waals surface area contributed by atoms with Gasteiger partial charge in [0.25, 0.3) is 0 Å². The van der Waals surface area contributed by atoms with Crippen LogP contribution in [0.5, 0.6) is 11.5 Å². The molecule has 6 rings (SSSR count). The Hall–Kier alpha value is -5.07. The van der Waals surface area contributed by atoms with Gasteiger partial charge in [-0.15, -0.1) is 0 Å². The molecule has 5 N–H and O–H groups in total. The number of methoxy groups -OCH3 is 1. The largest absolute Gasteiger partial charge is 0.490 e. The molecular formula is C44H61FN6O14. The molecule has 3 aromatic carbocycles. The molecule has 2 saturated heterocycles. The van der Waals surface area contributed by atoms with Gasteiger partial charge in [-0.3, -0.25) is 30.5 Å². The van der Waals surface area contributed by atoms with Crippen LogP contribution in [0.4, 0.5) is 25.4 Å². The molecule has 0 radical (unpaired) electrons. The molecule has 4 unspecified atom stereocenters. The van der Waals surface area contributed by atoms with Crippen LogP contribution in [0.1, 0.15) is 55.6 Å². The van der Waals surface area contributed by atoms with Crippen LogP contribution in [0.3, 0.4) is 0 Å². The number of alkyl carbamates (subject to hydrolysis) is 1. The minimum atomic E-state index is -0.727. The number of rotatable bonds is 24. The quantitative estimate of drug-likeness (QED) is 0.0552. The van der Waals surface area contributed by atoms with Gasteiger partial charge in [0.15, 0.2) is 0 Å². The van der Waals surface area contributed by atoms with Crippen LogP contribution < -0.4 is 24.6 Å². The number of piperidine rings is 1. The predicted molar refractivity (Wildman–Crippen MR) is 228 cm³/mol. The molecule has 65 heavy (non-hydrogen) atoms. The van der Waals surface area contributed by atoms with Gasteiger partial charge in [0.05, 0.1) is 81.3 Å². The molecule has 0 aliphatic carbocycles. The Kier molecular flexibility index (Phi) is 19.4. The Morgan fingerprint density at radius 1 is 0.831 bits per heavy atom. The number of ether oxygens (including phenoxy) is 6. The van der Waals surface area contributed by atoms with Crippen LogP contribution in [0.15, 0.2) is 66.7 Å². The summed E-state index contributed by atoms with van der Waals surface area (Å²) in [4.78, 5) is 42.1. The molecule has 20 nitrogen and oxygen atoms in total. The molecule has 2 fully saturated rings. The number of fused-ring (bicyclic) bond motifs is 1. The van der Waals surface area contributed by atoms with E-state index in [-0.39, 0.29) is 68.8 Å². The van der Waals surface area contributed by atoms with E-state index in [0.717, 1.165) is 60.7 Å². The Morgan fingerprint density at radius 2 is 1.57 bits per heavy atom. The van der Waals surface area contributed by atoms with Crippen LogP contribution in [0, 0.1) is 5.82 Å². The number of nitrogens with one attached hydrogen (secondary N) is 1. The smallest absolute Gasteiger partial charge is 0.409 e. The highest BCUT2D eigenvalue weighted by atomic mass is 19.1. The van der Waals surface area contributed by atoms with Gasteiger partial charge in [0.2, 0.25) is 0 Å². The highest BCUT2D eigenvalue weighted by Gasteiger charge is 2.42. The number of likely N-dealkylation sites (tertiary alicyclic amines) is 1. The first kappa shape index (κ1) is 49.4. The fourth-order valence-corrected chi connectivity index (χ4v) is 8.15. The van der Waals surface area contributed by atoms with E-state index in [1.54, 1.807) is 13.2 Å². The van der Waals surface area contributed by atoms with E-state index in [4.69, 9.17) is 49.3 Å². The number of anilines is 2. The monoisotopic (exact) mass is 916 g/mol. The summed E-state index contributed by atoms with van der Waals surface area (Å²) in [5, 5.41) is 37.4. The number of carbonyl (C=O) groups is 2. The number of hydrogen-bond donors (Lipinski definition) is 5. The Balaban J connectivity index is 1.20. The van der Waals surface area contributed by atoms with E-state index in [1.807, 2.05) is 48.5 Å². The van der Waals surface area contributed by atoms with Gasteiger partial charge in [0, 0.05) is 51.4 Å². The molecule has 3 heterocycles. The standard InChI is InChI=1S/C44H61FN6O14/c1-58-20-7-17-47-19-25-59-40-15-10-32(26-39(40)47)31-62-41-30-49(44(53)61-22-3-5-24-64-51(56)57)29-38(46-43(52)60-21-2-4-23-63-50(54)55)42(41)33-11-13-36(14-12-33)65-37-16-18-48(28-37)35-9-6-8-34(45)27-35/h6,8-15,26-27,37-38,41-42,54-57H,2-5,7,16-25,28-31H2,1H3,(H,46,52). The van der Waals surface area contributed by atoms with E-state index < -0.39 is 30.3 Å². The number of hydrogen-bond acceptors (Lipinski definition) is 18. The SMILES string of the molecule is COCCCN1CCOc2ccc(COC3CN(C(=O)OCCCCON(O)O)CC(NC(=O)OCCCCON(O)O)C3c3ccc(OC4CCN(c5cccc(F)c5)C4)cc3)cc21. The molecule has 4 atom stereocenters. The third kappa shape index (κ3) is 15.5. The van der Waals surface area contributed by atoms with Crippen molar-refractivity contribution >= 4 is 23.6 Å². The molecule has 0 spiro atoms. The van der Waals surface area contributed by atoms with Crippen LogP contribution in [-0.4, -0.2) is 153 Å². The highest BCUT2D eigenvalue weighted by molar-refractivity contribution is 5.70. The number of carbonyl (C=O) groups excluding carboxylic acids is 2. The first-order valence-electron chi connectivity index (χ1n) is 21.9. The number of unbranched alkanes of at least 4 members (excludes halogenated alkanes) is 2. The topological polar surface area (TPSA) is 217 Å². The lowest BCUT2D eigenvalue weighted by molar-refractivity contribution is -0.492. The van der Waals surface area contributed by atoms with E-state index >= 15 is 0 Å². The van der Waals surface area contributed by atoms with Crippen molar-refractivity contribution in [1.82, 2.24) is 21.0 Å². The average Bonchev–Trinajstić information content (AvgIpc) is 3.76. The number of amides is 2. The van der Waals surface area contributed by atoms with Crippen molar-refractivity contribution in [3.63, 3.8) is 0 Å². The maximum atomic E-state index is 14.0. The zero-order valence-corrected chi connectivity index (χ0v) is 36.6. The van der Waals surface area contributed by atoms with Crippen molar-refractivity contribution in [2.75, 3.05) is 95.8 Å². The maximum absolute atomic E-state index is 14.0. The van der Waals surface area contributed by atoms with E-state index in [0.29, 0.717) is 51.2 Å². The first-order valence-corrected chi connectivity index (χ1v) is 21.9. The van der Waals surface area contributed by atoms with Crippen molar-refractivity contribution < 1.29 is 72.9 Å². The molecule has 358 valence electrons. The summed E-state index contributed by atoms with van der Waals surface area (Å²) in [5.74, 6) is 0.628. The fourth-order valence-electron chi connectivity index (χ4n) is 8.15. The molecule has 21 heteroatoms. The van der Waals surface area contributed by atoms with Gasteiger partial charge in [0.1, 0.15) is 30.0 Å². The molecule has 0 aromatic heterocycles. The third-order valence-corrected chi connectivity index (χ3v) is 11.3.